The summed E-state index contributed by atoms with van der Waals surface area (Å²) in [5.41, 5.74) is 0. The Hall–Kier alpha value is -1.25. The highest BCUT2D eigenvalue weighted by Crippen LogP contribution is 2.43. The van der Waals surface area contributed by atoms with Crippen molar-refractivity contribution in [2.75, 3.05) is 47.5 Å². The molecule has 0 amide bonds. The molecular formula is C35H69NO8P+. The highest BCUT2D eigenvalue weighted by Gasteiger charge is 2.27. The standard InChI is InChI=1S/C35H68NO8P/c1-6-8-10-12-14-16-17-18-20-22-24-26-28-35(38)44-33(32-43-45(39,40)42-30-29-36(3,4)5)31-41-34(37)27-25-23-21-19-15-13-11-9-7-2/h14,16,33H,6-13,15,17-32H2,1-5H3/p+1/b16-14+/t33-/m1/s1. The van der Waals surface area contributed by atoms with E-state index in [2.05, 4.69) is 26.0 Å². The molecule has 0 aromatic rings. The van der Waals surface area contributed by atoms with Crippen LogP contribution in [0, 0.1) is 0 Å². The van der Waals surface area contributed by atoms with Crippen LogP contribution in [0.4, 0.5) is 0 Å². The number of allylic oxidation sites excluding steroid dienone is 2. The van der Waals surface area contributed by atoms with Crippen LogP contribution in [0.5, 0.6) is 0 Å². The Morgan fingerprint density at radius 2 is 1.13 bits per heavy atom. The zero-order chi connectivity index (χ0) is 33.7. The molecule has 0 saturated carbocycles. The topological polar surface area (TPSA) is 108 Å². The van der Waals surface area contributed by atoms with E-state index in [0.29, 0.717) is 23.9 Å². The summed E-state index contributed by atoms with van der Waals surface area (Å²) in [4.78, 5) is 35.0. The molecule has 2 atom stereocenters. The molecule has 10 heteroatoms. The molecule has 0 aromatic heterocycles. The molecule has 0 heterocycles. The maximum atomic E-state index is 12.6. The highest BCUT2D eigenvalue weighted by atomic mass is 31.2. The van der Waals surface area contributed by atoms with Crippen molar-refractivity contribution in [3.63, 3.8) is 0 Å². The van der Waals surface area contributed by atoms with Gasteiger partial charge in [0, 0.05) is 12.8 Å². The Morgan fingerprint density at radius 1 is 0.667 bits per heavy atom. The van der Waals surface area contributed by atoms with Crippen LogP contribution < -0.4 is 0 Å². The Bertz CT molecular complexity index is 799. The van der Waals surface area contributed by atoms with E-state index in [9.17, 15) is 19.0 Å². The van der Waals surface area contributed by atoms with Gasteiger partial charge in [-0.05, 0) is 38.5 Å². The van der Waals surface area contributed by atoms with Crippen molar-refractivity contribution in [2.24, 2.45) is 0 Å². The fourth-order valence-electron chi connectivity index (χ4n) is 4.65. The molecule has 266 valence electrons. The summed E-state index contributed by atoms with van der Waals surface area (Å²) in [6.07, 6.45) is 25.5. The number of likely N-dealkylation sites (N-methyl/N-ethyl adjacent to an activating group) is 1. The summed E-state index contributed by atoms with van der Waals surface area (Å²) in [5.74, 6) is -0.812. The third-order valence-corrected chi connectivity index (χ3v) is 8.53. The number of unbranched alkanes of at least 4 members (excludes halogenated alkanes) is 16. The molecule has 0 aliphatic rings. The van der Waals surface area contributed by atoms with Crippen LogP contribution in [0.3, 0.4) is 0 Å². The number of quaternary nitrogens is 1. The van der Waals surface area contributed by atoms with E-state index >= 15 is 0 Å². The van der Waals surface area contributed by atoms with E-state index in [-0.39, 0.29) is 25.6 Å². The van der Waals surface area contributed by atoms with Gasteiger partial charge in [-0.25, -0.2) is 4.57 Å². The number of hydrogen-bond acceptors (Lipinski definition) is 7. The summed E-state index contributed by atoms with van der Waals surface area (Å²) in [6, 6.07) is 0. The first-order chi connectivity index (χ1) is 21.5. The van der Waals surface area contributed by atoms with Crippen LogP contribution in [0.1, 0.15) is 149 Å². The summed E-state index contributed by atoms with van der Waals surface area (Å²) < 4.78 is 34.0. The van der Waals surface area contributed by atoms with Gasteiger partial charge in [0.05, 0.1) is 27.7 Å². The summed E-state index contributed by atoms with van der Waals surface area (Å²) in [6.45, 7) is 4.34. The second kappa shape index (κ2) is 28.9. The third-order valence-electron chi connectivity index (χ3n) is 7.55. The molecule has 0 rings (SSSR count). The van der Waals surface area contributed by atoms with Crippen LogP contribution in [-0.4, -0.2) is 74.9 Å². The van der Waals surface area contributed by atoms with Crippen LogP contribution in [-0.2, 0) is 32.7 Å². The molecule has 0 fully saturated rings. The van der Waals surface area contributed by atoms with Gasteiger partial charge in [-0.3, -0.25) is 18.6 Å². The van der Waals surface area contributed by atoms with Gasteiger partial charge in [-0.1, -0.05) is 109 Å². The Balaban J connectivity index is 4.49. The quantitative estimate of drug-likeness (QED) is 0.0250. The molecule has 0 aliphatic carbocycles. The van der Waals surface area contributed by atoms with Crippen molar-refractivity contribution in [3.05, 3.63) is 12.2 Å². The van der Waals surface area contributed by atoms with Crippen molar-refractivity contribution in [3.8, 4) is 0 Å². The predicted molar refractivity (Wildman–Crippen MR) is 183 cm³/mol. The summed E-state index contributed by atoms with van der Waals surface area (Å²) >= 11 is 0. The summed E-state index contributed by atoms with van der Waals surface area (Å²) in [7, 11) is 1.47. The minimum atomic E-state index is -4.36. The average Bonchev–Trinajstić information content (AvgIpc) is 2.97. The van der Waals surface area contributed by atoms with E-state index in [1.807, 2.05) is 21.1 Å². The number of carbonyl (C=O) groups excluding carboxylic acids is 2. The van der Waals surface area contributed by atoms with Gasteiger partial charge < -0.3 is 18.9 Å². The molecule has 0 aromatic carbocycles. The maximum absolute atomic E-state index is 12.6. The molecule has 9 nitrogen and oxygen atoms in total. The lowest BCUT2D eigenvalue weighted by atomic mass is 10.1. The van der Waals surface area contributed by atoms with Gasteiger partial charge in [-0.2, -0.15) is 0 Å². The molecule has 0 aliphatic heterocycles. The number of rotatable bonds is 32. The Labute approximate surface area is 276 Å². The number of esters is 2. The van der Waals surface area contributed by atoms with Crippen molar-refractivity contribution < 1.29 is 42.1 Å². The molecule has 1 unspecified atom stereocenters. The first-order valence-electron chi connectivity index (χ1n) is 17.9. The largest absolute Gasteiger partial charge is 0.472 e. The number of ether oxygens (including phenoxy) is 2. The molecule has 0 bridgehead atoms. The fourth-order valence-corrected chi connectivity index (χ4v) is 5.39. The van der Waals surface area contributed by atoms with Gasteiger partial charge in [-0.15, -0.1) is 0 Å². The van der Waals surface area contributed by atoms with E-state index in [1.165, 1.54) is 64.2 Å². The lowest BCUT2D eigenvalue weighted by Gasteiger charge is -2.24. The Kier molecular flexibility index (Phi) is 28.1. The van der Waals surface area contributed by atoms with E-state index < -0.39 is 26.5 Å². The van der Waals surface area contributed by atoms with Crippen LogP contribution in [0.25, 0.3) is 0 Å². The van der Waals surface area contributed by atoms with Crippen LogP contribution in [0.2, 0.25) is 0 Å². The fraction of sp³-hybridized carbons (Fsp3) is 0.886. The zero-order valence-electron chi connectivity index (χ0n) is 29.6. The number of phosphoric ester groups is 1. The van der Waals surface area contributed by atoms with Gasteiger partial charge in [0.15, 0.2) is 6.10 Å². The monoisotopic (exact) mass is 662 g/mol. The SMILES string of the molecule is CCCCC/C=C/CCCCCCCC(=O)O[C@H](COC(=O)CCCCCCCCCCC)COP(=O)(O)OCC[N+](C)(C)C. The second-order valence-corrected chi connectivity index (χ2v) is 14.7. The minimum absolute atomic E-state index is 0.0324. The Morgan fingerprint density at radius 3 is 1.69 bits per heavy atom. The van der Waals surface area contributed by atoms with Crippen LogP contribution >= 0.6 is 7.82 Å². The van der Waals surface area contributed by atoms with Crippen molar-refractivity contribution in [1.29, 1.82) is 0 Å². The van der Waals surface area contributed by atoms with E-state index in [1.54, 1.807) is 0 Å². The maximum Gasteiger partial charge on any atom is 0.472 e. The number of nitrogens with zero attached hydrogens (tertiary/aromatic N) is 1. The predicted octanol–water partition coefficient (Wildman–Crippen LogP) is 9.07. The highest BCUT2D eigenvalue weighted by molar-refractivity contribution is 7.47. The minimum Gasteiger partial charge on any atom is -0.462 e. The van der Waals surface area contributed by atoms with Gasteiger partial charge >= 0.3 is 19.8 Å². The third kappa shape index (κ3) is 32.5. The number of hydrogen-bond donors (Lipinski definition) is 1. The molecule has 1 N–H and O–H groups in total. The molecule has 0 spiro atoms. The van der Waals surface area contributed by atoms with Crippen LogP contribution in [0.15, 0.2) is 12.2 Å². The molecule has 0 radical (unpaired) electrons. The molecule has 45 heavy (non-hydrogen) atoms. The lowest BCUT2D eigenvalue weighted by molar-refractivity contribution is -0.870. The van der Waals surface area contributed by atoms with Crippen molar-refractivity contribution in [2.45, 2.75) is 155 Å². The summed E-state index contributed by atoms with van der Waals surface area (Å²) in [5, 5.41) is 0. The number of phosphoric acid groups is 1. The number of carbonyl (C=O) groups is 2. The lowest BCUT2D eigenvalue weighted by Crippen LogP contribution is -2.37. The molecule has 0 saturated heterocycles. The zero-order valence-corrected chi connectivity index (χ0v) is 30.5. The second-order valence-electron chi connectivity index (χ2n) is 13.3. The van der Waals surface area contributed by atoms with Gasteiger partial charge in [0.1, 0.15) is 19.8 Å². The van der Waals surface area contributed by atoms with Crippen molar-refractivity contribution in [1.82, 2.24) is 0 Å². The smallest absolute Gasteiger partial charge is 0.462 e. The van der Waals surface area contributed by atoms with Crippen molar-refractivity contribution >= 4 is 19.8 Å². The van der Waals surface area contributed by atoms with Gasteiger partial charge in [0.2, 0.25) is 0 Å². The van der Waals surface area contributed by atoms with E-state index in [4.69, 9.17) is 18.5 Å². The van der Waals surface area contributed by atoms with Gasteiger partial charge in [0.25, 0.3) is 0 Å². The first-order valence-corrected chi connectivity index (χ1v) is 19.4. The van der Waals surface area contributed by atoms with E-state index in [0.717, 1.165) is 51.4 Å². The average molecular weight is 663 g/mol. The molecular weight excluding hydrogens is 593 g/mol. The normalized spacial score (nSPS) is 14.0. The first kappa shape index (κ1) is 43.8.